The number of imidazole rings is 1. The predicted molar refractivity (Wildman–Crippen MR) is 189 cm³/mol. The number of pyridine rings is 1. The number of carbonyl (C=O) groups is 2. The van der Waals surface area contributed by atoms with Crippen LogP contribution in [-0.4, -0.2) is 64.0 Å². The normalized spacial score (nSPS) is 17.8. The number of benzene rings is 1. The average molecular weight is 693 g/mol. The van der Waals surface area contributed by atoms with Crippen LogP contribution in [0.25, 0.3) is 5.65 Å². The quantitative estimate of drug-likeness (QED) is 0.0798. The number of thiophene rings is 1. The minimum absolute atomic E-state index is 0.107. The number of aromatic nitrogens is 2. The van der Waals surface area contributed by atoms with Gasteiger partial charge in [0.25, 0.3) is 0 Å². The van der Waals surface area contributed by atoms with E-state index < -0.39 is 11.7 Å². The van der Waals surface area contributed by atoms with Crippen molar-refractivity contribution in [3.05, 3.63) is 92.6 Å². The van der Waals surface area contributed by atoms with Crippen LogP contribution in [0.3, 0.4) is 0 Å². The molecule has 1 saturated heterocycles. The van der Waals surface area contributed by atoms with Gasteiger partial charge in [0, 0.05) is 47.4 Å². The monoisotopic (exact) mass is 692 g/mol. The van der Waals surface area contributed by atoms with Crippen LogP contribution in [-0.2, 0) is 32.0 Å². The maximum atomic E-state index is 13.8. The molecule has 1 atom stereocenters. The number of ketones is 2. The van der Waals surface area contributed by atoms with Crippen LogP contribution in [0.1, 0.15) is 106 Å². The summed E-state index contributed by atoms with van der Waals surface area (Å²) in [5, 5.41) is 2.00. The Kier molecular flexibility index (Phi) is 11.4. The van der Waals surface area contributed by atoms with Crippen molar-refractivity contribution in [1.29, 1.82) is 0 Å². The number of carbonyl (C=O) groups excluding carboxylic acids is 2. The van der Waals surface area contributed by atoms with Crippen LogP contribution in [0, 0.1) is 5.92 Å². The second kappa shape index (κ2) is 15.7. The Morgan fingerprint density at radius 1 is 0.959 bits per heavy atom. The molecule has 0 bridgehead atoms. The zero-order valence-electron chi connectivity index (χ0n) is 28.6. The van der Waals surface area contributed by atoms with E-state index in [9.17, 15) is 22.8 Å². The van der Waals surface area contributed by atoms with Gasteiger partial charge in [0.1, 0.15) is 11.3 Å². The number of Topliss-reactive ketones (excluding diaryl/α,β-unsaturated/α-hetero) is 2. The molecule has 49 heavy (non-hydrogen) atoms. The van der Waals surface area contributed by atoms with Crippen molar-refractivity contribution in [2.45, 2.75) is 95.8 Å². The molecule has 2 aliphatic rings. The second-order valence-corrected chi connectivity index (χ2v) is 15.1. The number of likely N-dealkylation sites (tertiary alicyclic amines) is 1. The molecule has 1 aliphatic carbocycles. The van der Waals surface area contributed by atoms with E-state index in [1.807, 2.05) is 40.2 Å². The van der Waals surface area contributed by atoms with Crippen molar-refractivity contribution in [1.82, 2.24) is 19.2 Å². The Hall–Kier alpha value is -3.34. The number of alkyl halides is 3. The third kappa shape index (κ3) is 8.88. The molecule has 0 radical (unpaired) electrons. The zero-order valence-corrected chi connectivity index (χ0v) is 29.4. The highest BCUT2D eigenvalue weighted by Gasteiger charge is 2.32. The van der Waals surface area contributed by atoms with Crippen LogP contribution in [0.4, 0.5) is 13.2 Å². The molecule has 0 N–H and O–H groups in total. The lowest BCUT2D eigenvalue weighted by Crippen LogP contribution is -2.41. The van der Waals surface area contributed by atoms with E-state index in [0.717, 1.165) is 69.2 Å². The van der Waals surface area contributed by atoms with Gasteiger partial charge in [0.05, 0.1) is 11.8 Å². The maximum Gasteiger partial charge on any atom is 0.416 e. The van der Waals surface area contributed by atoms with Crippen LogP contribution in [0.2, 0.25) is 0 Å². The van der Waals surface area contributed by atoms with Crippen molar-refractivity contribution in [2.24, 2.45) is 5.92 Å². The molecule has 6 rings (SSSR count). The summed E-state index contributed by atoms with van der Waals surface area (Å²) in [7, 11) is 4.16. The van der Waals surface area contributed by atoms with Gasteiger partial charge < -0.3 is 4.90 Å². The number of fused-ring (bicyclic) bond motifs is 2. The lowest BCUT2D eigenvalue weighted by atomic mass is 9.92. The smallest absolute Gasteiger partial charge is 0.306 e. The summed E-state index contributed by atoms with van der Waals surface area (Å²) in [5.41, 5.74) is 4.20. The second-order valence-electron chi connectivity index (χ2n) is 14.2. The number of hydrogen-bond donors (Lipinski definition) is 0. The number of aryl methyl sites for hydroxylation is 2. The molecule has 4 heterocycles. The fourth-order valence-corrected chi connectivity index (χ4v) is 8.75. The van der Waals surface area contributed by atoms with E-state index in [1.165, 1.54) is 22.6 Å². The van der Waals surface area contributed by atoms with E-state index in [4.69, 9.17) is 0 Å². The topological polar surface area (TPSA) is 57.9 Å². The molecule has 4 aromatic rings. The number of halogens is 3. The number of nitrogens with zero attached hydrogens (tertiary/aromatic N) is 4. The summed E-state index contributed by atoms with van der Waals surface area (Å²) in [4.78, 5) is 36.5. The van der Waals surface area contributed by atoms with E-state index in [1.54, 1.807) is 17.5 Å². The summed E-state index contributed by atoms with van der Waals surface area (Å²) in [6, 6.07) is 10.7. The minimum atomic E-state index is -4.39. The van der Waals surface area contributed by atoms with Crippen LogP contribution < -0.4 is 0 Å². The Morgan fingerprint density at radius 3 is 2.51 bits per heavy atom. The van der Waals surface area contributed by atoms with Crippen molar-refractivity contribution in [3.63, 3.8) is 0 Å². The first-order valence-electron chi connectivity index (χ1n) is 17.7. The molecule has 3 aromatic heterocycles. The van der Waals surface area contributed by atoms with Gasteiger partial charge in [-0.1, -0.05) is 12.1 Å². The molecule has 6 nitrogen and oxygen atoms in total. The van der Waals surface area contributed by atoms with Crippen molar-refractivity contribution in [3.8, 4) is 0 Å². The Bertz CT molecular complexity index is 1750. The van der Waals surface area contributed by atoms with Gasteiger partial charge in [-0.3, -0.25) is 18.9 Å². The van der Waals surface area contributed by atoms with Gasteiger partial charge >= 0.3 is 6.18 Å². The summed E-state index contributed by atoms with van der Waals surface area (Å²) in [5.74, 6) is 0.660. The van der Waals surface area contributed by atoms with E-state index >= 15 is 0 Å². The number of hydrogen-bond acceptors (Lipinski definition) is 6. The van der Waals surface area contributed by atoms with E-state index in [-0.39, 0.29) is 11.6 Å². The van der Waals surface area contributed by atoms with Gasteiger partial charge in [-0.2, -0.15) is 13.2 Å². The van der Waals surface area contributed by atoms with Crippen molar-refractivity contribution < 1.29 is 22.8 Å². The average Bonchev–Trinajstić information content (AvgIpc) is 3.65. The Morgan fingerprint density at radius 2 is 1.73 bits per heavy atom. The highest BCUT2D eigenvalue weighted by molar-refractivity contribution is 7.10. The SMILES string of the molecule is CN(C)C1CCN(Cc2cc(CCCCC(=O)c3csc4c3CCC(CCC(=O)c3cnc5ccccn35)CC4)cc(C(F)(F)F)c2)CC1. The predicted octanol–water partition coefficient (Wildman–Crippen LogP) is 8.69. The Labute approximate surface area is 291 Å². The number of piperidine rings is 1. The van der Waals surface area contributed by atoms with Gasteiger partial charge in [-0.25, -0.2) is 4.98 Å². The Balaban J connectivity index is 0.987. The van der Waals surface area contributed by atoms with Crippen LogP contribution in [0.5, 0.6) is 0 Å². The summed E-state index contributed by atoms with van der Waals surface area (Å²) in [6.45, 7) is 2.29. The molecule has 10 heteroatoms. The van der Waals surface area contributed by atoms with Crippen LogP contribution >= 0.6 is 11.3 Å². The summed E-state index contributed by atoms with van der Waals surface area (Å²) < 4.78 is 43.3. The molecule has 1 aromatic carbocycles. The molecule has 0 spiro atoms. The summed E-state index contributed by atoms with van der Waals surface area (Å²) in [6.07, 6.45) is 8.43. The van der Waals surface area contributed by atoms with E-state index in [0.29, 0.717) is 67.4 Å². The third-order valence-electron chi connectivity index (χ3n) is 10.5. The molecule has 0 amide bonds. The van der Waals surface area contributed by atoms with Gasteiger partial charge in [-0.15, -0.1) is 11.3 Å². The first kappa shape index (κ1) is 35.5. The summed E-state index contributed by atoms with van der Waals surface area (Å²) >= 11 is 1.66. The molecule has 1 unspecified atom stereocenters. The van der Waals surface area contributed by atoms with Crippen LogP contribution in [0.15, 0.2) is 54.2 Å². The first-order chi connectivity index (χ1) is 23.5. The largest absolute Gasteiger partial charge is 0.416 e. The zero-order chi connectivity index (χ0) is 34.5. The van der Waals surface area contributed by atoms with Crippen molar-refractivity contribution >= 4 is 28.6 Å². The standard InChI is InChI=1S/C39H47F3N4O2S/c1-44(2)31-16-19-45(20-17-31)25-29-21-28(22-30(23-29)39(40,41)42)7-3-4-8-35(47)33-26-49-37-15-12-27(10-13-32(33)37)11-14-36(48)34-24-43-38-9-5-6-18-46(34)38/h5-6,9,18,21-24,26-27,31H,3-4,7-8,10-17,19-20,25H2,1-2H3. The molecular weight excluding hydrogens is 646 g/mol. The number of rotatable bonds is 13. The van der Waals surface area contributed by atoms with Crippen molar-refractivity contribution in [2.75, 3.05) is 27.2 Å². The molecular formula is C39H47F3N4O2S. The van der Waals surface area contributed by atoms with Gasteiger partial charge in [-0.05, 0) is 138 Å². The fraction of sp³-hybridized carbons (Fsp3) is 0.513. The molecule has 1 fully saturated rings. The minimum Gasteiger partial charge on any atom is -0.306 e. The lowest BCUT2D eigenvalue weighted by molar-refractivity contribution is -0.137. The van der Waals surface area contributed by atoms with Gasteiger partial charge in [0.15, 0.2) is 11.6 Å². The maximum absolute atomic E-state index is 13.8. The number of unbranched alkanes of at least 4 members (excludes halogenated alkanes) is 1. The van der Waals surface area contributed by atoms with Gasteiger partial charge in [0.2, 0.25) is 0 Å². The molecule has 0 saturated carbocycles. The van der Waals surface area contributed by atoms with E-state index in [2.05, 4.69) is 28.9 Å². The molecule has 262 valence electrons. The first-order valence-corrected chi connectivity index (χ1v) is 18.6. The molecule has 1 aliphatic heterocycles. The highest BCUT2D eigenvalue weighted by Crippen LogP contribution is 2.35. The highest BCUT2D eigenvalue weighted by atomic mass is 32.1. The lowest BCUT2D eigenvalue weighted by Gasteiger charge is -2.35. The third-order valence-corrected chi connectivity index (χ3v) is 11.6. The fourth-order valence-electron chi connectivity index (χ4n) is 7.62.